The molecule has 4 fully saturated rings. The Balaban J connectivity index is 1.89. The summed E-state index contributed by atoms with van der Waals surface area (Å²) in [5.74, 6) is 1.45. The van der Waals surface area contributed by atoms with Crippen molar-refractivity contribution in [1.82, 2.24) is 0 Å². The van der Waals surface area contributed by atoms with Crippen LogP contribution in [0.1, 0.15) is 66.2 Å². The zero-order valence-electron chi connectivity index (χ0n) is 15.0. The summed E-state index contributed by atoms with van der Waals surface area (Å²) in [6.07, 6.45) is 7.89. The fourth-order valence-electron chi connectivity index (χ4n) is 6.49. The Kier molecular flexibility index (Phi) is 3.43. The molecule has 4 unspecified atom stereocenters. The molecule has 0 spiro atoms. The molecule has 0 aromatic carbocycles. The Morgan fingerprint density at radius 3 is 1.43 bits per heavy atom. The van der Waals surface area contributed by atoms with Crippen molar-refractivity contribution in [2.24, 2.45) is 22.7 Å². The van der Waals surface area contributed by atoms with Gasteiger partial charge in [0.2, 0.25) is 0 Å². The number of fused-ring (bicyclic) bond motifs is 4. The first-order chi connectivity index (χ1) is 10.4. The second kappa shape index (κ2) is 4.57. The molecule has 134 valence electrons. The molecule has 0 heterocycles. The van der Waals surface area contributed by atoms with Gasteiger partial charge in [0.05, 0.1) is 0 Å². The molecule has 4 aliphatic rings. The molecule has 4 aliphatic carbocycles. The van der Waals surface area contributed by atoms with E-state index in [1.807, 2.05) is 0 Å². The topological polar surface area (TPSA) is 0 Å². The zero-order chi connectivity index (χ0) is 17.1. The van der Waals surface area contributed by atoms with Crippen molar-refractivity contribution in [3.63, 3.8) is 0 Å². The summed E-state index contributed by atoms with van der Waals surface area (Å²) in [6, 6.07) is 0. The van der Waals surface area contributed by atoms with E-state index in [2.05, 4.69) is 40.9 Å². The van der Waals surface area contributed by atoms with Crippen molar-refractivity contribution in [1.29, 1.82) is 0 Å². The third-order valence-electron chi connectivity index (χ3n) is 8.46. The molecule has 0 saturated heterocycles. The number of rotatable bonds is 2. The summed E-state index contributed by atoms with van der Waals surface area (Å²) in [5, 5.41) is 0. The van der Waals surface area contributed by atoms with Crippen molar-refractivity contribution in [3.05, 3.63) is 24.3 Å². The van der Waals surface area contributed by atoms with Crippen LogP contribution in [-0.2, 0) is 13.0 Å². The van der Waals surface area contributed by atoms with Gasteiger partial charge in [-0.15, -0.1) is 0 Å². The molecule has 3 heteroatoms. The first-order valence-corrected chi connectivity index (χ1v) is 15.2. The minimum atomic E-state index is -2.29. The van der Waals surface area contributed by atoms with Gasteiger partial charge in [0.25, 0.3) is 0 Å². The molecule has 0 nitrogen and oxygen atoms in total. The van der Waals surface area contributed by atoms with Crippen molar-refractivity contribution in [2.75, 3.05) is 0 Å². The van der Waals surface area contributed by atoms with Crippen molar-refractivity contribution in [2.45, 2.75) is 74.0 Å². The van der Waals surface area contributed by atoms with Crippen LogP contribution in [0.4, 0.5) is 0 Å². The van der Waals surface area contributed by atoms with Gasteiger partial charge < -0.3 is 0 Å². The number of hydrogen-bond acceptors (Lipinski definition) is 2. The summed E-state index contributed by atoms with van der Waals surface area (Å²) < 4.78 is 0.615. The summed E-state index contributed by atoms with van der Waals surface area (Å²) in [7, 11) is 11.2. The Hall–Kier alpha value is 0.842. The second-order valence-corrected chi connectivity index (χ2v) is 20.8. The van der Waals surface area contributed by atoms with Crippen molar-refractivity contribution >= 4 is 20.9 Å². The average molecular weight is 443 g/mol. The van der Waals surface area contributed by atoms with Gasteiger partial charge in [0.1, 0.15) is 0 Å². The maximum atomic E-state index is 5.60. The first kappa shape index (κ1) is 17.3. The van der Waals surface area contributed by atoms with Crippen LogP contribution in [0.15, 0.2) is 24.3 Å². The minimum absolute atomic E-state index is 0.198. The molecular formula is C20H32PdS2. The number of hydrogen-bond donors (Lipinski definition) is 2. The molecule has 4 atom stereocenters. The number of thiol groups is 2. The third-order valence-corrected chi connectivity index (χ3v) is 22.4. The quantitative estimate of drug-likeness (QED) is 0.258. The molecule has 0 N–H and O–H groups in total. The van der Waals surface area contributed by atoms with Crippen LogP contribution < -0.4 is 0 Å². The molecule has 0 amide bonds. The van der Waals surface area contributed by atoms with E-state index < -0.39 is 13.0 Å². The molecule has 4 rings (SSSR count). The Bertz CT molecular complexity index is 565. The molecule has 0 aliphatic heterocycles. The Labute approximate surface area is 154 Å². The van der Waals surface area contributed by atoms with Gasteiger partial charge in [0.15, 0.2) is 0 Å². The van der Waals surface area contributed by atoms with Crippen molar-refractivity contribution < 1.29 is 13.0 Å². The fourth-order valence-corrected chi connectivity index (χ4v) is 21.5. The van der Waals surface area contributed by atoms with Crippen LogP contribution in [0.2, 0.25) is 7.78 Å². The Morgan fingerprint density at radius 1 is 0.826 bits per heavy atom. The summed E-state index contributed by atoms with van der Waals surface area (Å²) >= 11 is -2.29. The Morgan fingerprint density at radius 2 is 1.17 bits per heavy atom. The first-order valence-electron chi connectivity index (χ1n) is 8.93. The molecular weight excluding hydrogens is 411 g/mol. The van der Waals surface area contributed by atoms with Gasteiger partial charge in [-0.3, -0.25) is 0 Å². The van der Waals surface area contributed by atoms with E-state index in [-0.39, 0.29) is 10.8 Å². The molecule has 0 radical (unpaired) electrons. The molecule has 0 aromatic rings. The van der Waals surface area contributed by atoms with Gasteiger partial charge in [-0.2, -0.15) is 0 Å². The number of allylic oxidation sites excluding steroid dienone is 2. The predicted octanol–water partition coefficient (Wildman–Crippen LogP) is 6.94. The molecule has 4 bridgehead atoms. The van der Waals surface area contributed by atoms with Crippen LogP contribution in [0, 0.1) is 22.7 Å². The van der Waals surface area contributed by atoms with E-state index in [0.717, 1.165) is 11.8 Å². The van der Waals surface area contributed by atoms with Crippen LogP contribution in [0.25, 0.3) is 0 Å². The normalized spacial score (nSPS) is 47.6. The second-order valence-electron chi connectivity index (χ2n) is 9.42. The van der Waals surface area contributed by atoms with Gasteiger partial charge >= 0.3 is 155 Å². The van der Waals surface area contributed by atoms with E-state index >= 15 is 0 Å². The molecule has 4 saturated carbocycles. The van der Waals surface area contributed by atoms with E-state index in [9.17, 15) is 0 Å². The van der Waals surface area contributed by atoms with Crippen LogP contribution in [-0.4, -0.2) is 0 Å². The molecule has 23 heavy (non-hydrogen) atoms. The van der Waals surface area contributed by atoms with Gasteiger partial charge in [-0.1, -0.05) is 0 Å². The van der Waals surface area contributed by atoms with Crippen LogP contribution in [0.3, 0.4) is 0 Å². The van der Waals surface area contributed by atoms with E-state index in [1.54, 1.807) is 0 Å². The van der Waals surface area contributed by atoms with E-state index in [0.29, 0.717) is 7.78 Å². The van der Waals surface area contributed by atoms with Gasteiger partial charge in [0, 0.05) is 0 Å². The SMILES string of the molecule is C=C1C2CC[C]([Pd]([SH])([SH])[C]34CCC(C3)C(=C)C4(C)C)(C2)C1(C)C. The predicted molar refractivity (Wildman–Crippen MR) is 104 cm³/mol. The van der Waals surface area contributed by atoms with Crippen molar-refractivity contribution in [3.8, 4) is 0 Å². The van der Waals surface area contributed by atoms with Crippen LogP contribution >= 0.6 is 20.9 Å². The summed E-state index contributed by atoms with van der Waals surface area (Å²) in [5.41, 5.74) is 3.38. The third kappa shape index (κ3) is 1.60. The zero-order valence-corrected chi connectivity index (χ0v) is 18.4. The fraction of sp³-hybridized carbons (Fsp3) is 0.800. The standard InChI is InChI=1S/2C10H15.Pd.2H2S/c2*1-7-8-4-5-9(6-8)10(7,2)3;;;/h2*8H,1,4-6H2,2-3H3;;2*1H2/q;;+2;;/p-2. The monoisotopic (exact) mass is 442 g/mol. The summed E-state index contributed by atoms with van der Waals surface area (Å²) in [4.78, 5) is 0. The summed E-state index contributed by atoms with van der Waals surface area (Å²) in [6.45, 7) is 18.8. The van der Waals surface area contributed by atoms with Gasteiger partial charge in [-0.25, -0.2) is 0 Å². The van der Waals surface area contributed by atoms with E-state index in [4.69, 9.17) is 20.9 Å². The molecule has 0 aromatic heterocycles. The average Bonchev–Trinajstić information content (AvgIpc) is 3.16. The van der Waals surface area contributed by atoms with E-state index in [1.165, 1.54) is 49.7 Å². The maximum absolute atomic E-state index is 5.60. The van der Waals surface area contributed by atoms with Crippen LogP contribution in [0.5, 0.6) is 0 Å². The van der Waals surface area contributed by atoms with Gasteiger partial charge in [-0.05, 0) is 0 Å².